The summed E-state index contributed by atoms with van der Waals surface area (Å²) in [5.41, 5.74) is 10.9. The van der Waals surface area contributed by atoms with E-state index in [9.17, 15) is 4.79 Å². The van der Waals surface area contributed by atoms with Crippen LogP contribution >= 0.6 is 0 Å². The third-order valence-electron chi connectivity index (χ3n) is 4.75. The molecule has 3 rings (SSSR count). The van der Waals surface area contributed by atoms with Gasteiger partial charge < -0.3 is 20.5 Å². The molecule has 0 aromatic heterocycles. The number of methoxy groups -OCH3 is 1. The van der Waals surface area contributed by atoms with Gasteiger partial charge in [-0.2, -0.15) is 0 Å². The molecule has 5 nitrogen and oxygen atoms in total. The number of hydrogen-bond acceptors (Lipinski definition) is 4. The second kappa shape index (κ2) is 10.5. The van der Waals surface area contributed by atoms with Crippen molar-refractivity contribution in [2.45, 2.75) is 32.3 Å². The molecule has 5 heteroatoms. The van der Waals surface area contributed by atoms with Crippen molar-refractivity contribution in [1.82, 2.24) is 5.32 Å². The van der Waals surface area contributed by atoms with Crippen LogP contribution in [0.2, 0.25) is 0 Å². The molecule has 2 aromatic rings. The van der Waals surface area contributed by atoms with E-state index in [0.717, 1.165) is 48.4 Å². The lowest BCUT2D eigenvalue weighted by Gasteiger charge is -2.20. The van der Waals surface area contributed by atoms with Crippen molar-refractivity contribution in [3.63, 3.8) is 0 Å². The molecule has 0 bridgehead atoms. The third-order valence-corrected chi connectivity index (χ3v) is 4.75. The lowest BCUT2D eigenvalue weighted by Crippen LogP contribution is -2.27. The lowest BCUT2D eigenvalue weighted by molar-refractivity contribution is -0.130. The maximum Gasteiger partial charge on any atom is 0.253 e. The average Bonchev–Trinajstić information content (AvgIpc) is 2.74. The molecule has 1 amide bonds. The molecule has 1 aliphatic heterocycles. The number of carbonyl (C=O) groups excluding carboxylic acids is 1. The van der Waals surface area contributed by atoms with Crippen LogP contribution in [0.4, 0.5) is 5.69 Å². The summed E-state index contributed by atoms with van der Waals surface area (Å²) in [6.07, 6.45) is 4.30. The molecule has 28 heavy (non-hydrogen) atoms. The molecule has 1 aliphatic rings. The van der Waals surface area contributed by atoms with Gasteiger partial charge in [-0.25, -0.2) is 0 Å². The molecule has 2 aromatic carbocycles. The molecule has 0 aliphatic carbocycles. The van der Waals surface area contributed by atoms with Crippen LogP contribution < -0.4 is 15.8 Å². The summed E-state index contributed by atoms with van der Waals surface area (Å²) < 4.78 is 10.8. The number of nitrogen functional groups attached to an aromatic ring is 1. The third kappa shape index (κ3) is 5.36. The molecule has 0 saturated carbocycles. The van der Waals surface area contributed by atoms with Crippen LogP contribution in [0.1, 0.15) is 41.7 Å². The minimum absolute atomic E-state index is 0.150. The number of likely N-dealkylation sites (N-methyl/N-ethyl adjacent to an activating group) is 1. The van der Waals surface area contributed by atoms with Crippen molar-refractivity contribution < 1.29 is 14.3 Å². The predicted molar refractivity (Wildman–Crippen MR) is 114 cm³/mol. The van der Waals surface area contributed by atoms with Crippen molar-refractivity contribution in [2.24, 2.45) is 0 Å². The Morgan fingerprint density at radius 1 is 1.36 bits per heavy atom. The Kier molecular flexibility index (Phi) is 8.08. The molecule has 0 saturated heterocycles. The summed E-state index contributed by atoms with van der Waals surface area (Å²) in [7, 11) is 3.13. The average molecular weight is 383 g/mol. The molecular formula is C23H30N2O3. The number of benzene rings is 2. The molecule has 0 radical (unpaired) electrons. The van der Waals surface area contributed by atoms with Crippen LogP contribution in [0.25, 0.3) is 6.08 Å². The van der Waals surface area contributed by atoms with E-state index in [1.165, 1.54) is 18.2 Å². The zero-order chi connectivity index (χ0) is 20.5. The van der Waals surface area contributed by atoms with E-state index in [1.807, 2.05) is 36.4 Å². The summed E-state index contributed by atoms with van der Waals surface area (Å²) in [5, 5.41) is 2.59. The van der Waals surface area contributed by atoms with Crippen LogP contribution in [0, 0.1) is 0 Å². The number of nitrogens with two attached hydrogens (primary N) is 1. The Morgan fingerprint density at radius 3 is 2.75 bits per heavy atom. The lowest BCUT2D eigenvalue weighted by atomic mass is 10.0. The van der Waals surface area contributed by atoms with Gasteiger partial charge in [-0.15, -0.1) is 0 Å². The maximum absolute atomic E-state index is 11.6. The summed E-state index contributed by atoms with van der Waals surface area (Å²) in [4.78, 5) is 11.6. The van der Waals surface area contributed by atoms with Gasteiger partial charge in [0.05, 0.1) is 6.61 Å². The van der Waals surface area contributed by atoms with Crippen LogP contribution in [-0.4, -0.2) is 26.7 Å². The fourth-order valence-electron chi connectivity index (χ4n) is 3.11. The zero-order valence-electron chi connectivity index (χ0n) is 17.0. The highest BCUT2D eigenvalue weighted by Gasteiger charge is 2.21. The van der Waals surface area contributed by atoms with E-state index in [4.69, 9.17) is 15.2 Å². The maximum atomic E-state index is 11.6. The Hall–Kier alpha value is -2.79. The van der Waals surface area contributed by atoms with Gasteiger partial charge in [0.25, 0.3) is 5.91 Å². The molecular weight excluding hydrogens is 352 g/mol. The molecule has 1 atom stereocenters. The monoisotopic (exact) mass is 382 g/mol. The minimum Gasteiger partial charge on any atom is -0.493 e. The number of anilines is 1. The van der Waals surface area contributed by atoms with E-state index >= 15 is 0 Å². The van der Waals surface area contributed by atoms with Gasteiger partial charge in [0.15, 0.2) is 6.10 Å². The molecule has 1 heterocycles. The predicted octanol–water partition coefficient (Wildman–Crippen LogP) is 3.92. The van der Waals surface area contributed by atoms with E-state index in [1.54, 1.807) is 13.1 Å². The summed E-state index contributed by atoms with van der Waals surface area (Å²) in [6.45, 7) is 6.51. The molecule has 0 fully saturated rings. The van der Waals surface area contributed by atoms with Crippen molar-refractivity contribution in [1.29, 1.82) is 0 Å². The van der Waals surface area contributed by atoms with Gasteiger partial charge in [-0.05, 0) is 53.6 Å². The van der Waals surface area contributed by atoms with E-state index in [0.29, 0.717) is 0 Å². The summed E-state index contributed by atoms with van der Waals surface area (Å²) in [6, 6.07) is 11.9. The Balaban J connectivity index is 0.000000221. The van der Waals surface area contributed by atoms with Gasteiger partial charge in [0.1, 0.15) is 5.75 Å². The fourth-order valence-corrected chi connectivity index (χ4v) is 3.11. The highest BCUT2D eigenvalue weighted by molar-refractivity contribution is 5.82. The first-order chi connectivity index (χ1) is 13.5. The van der Waals surface area contributed by atoms with Crippen molar-refractivity contribution in [3.05, 3.63) is 65.2 Å². The van der Waals surface area contributed by atoms with Crippen LogP contribution in [0.3, 0.4) is 0 Å². The second-order valence-corrected chi connectivity index (χ2v) is 6.57. The number of rotatable bonds is 5. The van der Waals surface area contributed by atoms with Crippen LogP contribution in [0.15, 0.2) is 43.0 Å². The van der Waals surface area contributed by atoms with Crippen LogP contribution in [-0.2, 0) is 22.4 Å². The topological polar surface area (TPSA) is 73.6 Å². The highest BCUT2D eigenvalue weighted by Crippen LogP contribution is 2.29. The van der Waals surface area contributed by atoms with E-state index in [-0.39, 0.29) is 5.91 Å². The van der Waals surface area contributed by atoms with Crippen molar-refractivity contribution in [2.75, 3.05) is 26.5 Å². The first kappa shape index (κ1) is 21.5. The van der Waals surface area contributed by atoms with E-state index < -0.39 is 6.10 Å². The highest BCUT2D eigenvalue weighted by atomic mass is 16.5. The van der Waals surface area contributed by atoms with Crippen molar-refractivity contribution in [3.8, 4) is 5.75 Å². The number of ether oxygens (including phenoxy) is 2. The van der Waals surface area contributed by atoms with Gasteiger partial charge in [0, 0.05) is 19.8 Å². The quantitative estimate of drug-likeness (QED) is 0.769. The van der Waals surface area contributed by atoms with Gasteiger partial charge in [-0.3, -0.25) is 4.79 Å². The Morgan fingerprint density at radius 2 is 2.14 bits per heavy atom. The standard InChI is InChI=1S/C13H17NO3.C10H13N/c1-14-13(15)12(16-2)10-6-5-9-4-3-7-17-11(9)8-10;1-3-8-5-6-9(4-2)10(11)7-8/h5-6,8,12H,3-4,7H2,1-2H3,(H,14,15);3,5-7H,1,4,11H2,2H3. The minimum atomic E-state index is -0.573. The zero-order valence-corrected chi connectivity index (χ0v) is 17.0. The number of aryl methyl sites for hydroxylation is 2. The largest absolute Gasteiger partial charge is 0.493 e. The number of carbonyl (C=O) groups is 1. The Bertz CT molecular complexity index is 817. The Labute approximate surface area is 167 Å². The molecule has 3 N–H and O–H groups in total. The van der Waals surface area contributed by atoms with Crippen molar-refractivity contribution >= 4 is 17.7 Å². The SMILES string of the molecule is C=Cc1ccc(CC)c(N)c1.CNC(=O)C(OC)c1ccc2c(c1)OCCC2. The number of fused-ring (bicyclic) bond motifs is 1. The number of amides is 1. The first-order valence-electron chi connectivity index (χ1n) is 9.54. The van der Waals surface area contributed by atoms with Crippen LogP contribution in [0.5, 0.6) is 5.75 Å². The first-order valence-corrected chi connectivity index (χ1v) is 9.54. The second-order valence-electron chi connectivity index (χ2n) is 6.57. The fraction of sp³-hybridized carbons (Fsp3) is 0.348. The van der Waals surface area contributed by atoms with E-state index in [2.05, 4.69) is 18.8 Å². The molecule has 1 unspecified atom stereocenters. The number of hydrogen-bond donors (Lipinski definition) is 2. The van der Waals surface area contributed by atoms with Gasteiger partial charge >= 0.3 is 0 Å². The summed E-state index contributed by atoms with van der Waals surface area (Å²) >= 11 is 0. The van der Waals surface area contributed by atoms with Gasteiger partial charge in [0.2, 0.25) is 0 Å². The molecule has 0 spiro atoms. The smallest absolute Gasteiger partial charge is 0.253 e. The summed E-state index contributed by atoms with van der Waals surface area (Å²) in [5.74, 6) is 0.725. The normalized spacial score (nSPS) is 13.2. The number of nitrogens with one attached hydrogen (secondary N) is 1. The molecule has 150 valence electrons. The van der Waals surface area contributed by atoms with Gasteiger partial charge in [-0.1, -0.05) is 43.8 Å².